The highest BCUT2D eigenvalue weighted by molar-refractivity contribution is 7.89. The summed E-state index contributed by atoms with van der Waals surface area (Å²) in [5, 5.41) is 8.64. The normalized spacial score (nSPS) is 15.6. The molecule has 5 heteroatoms. The minimum absolute atomic E-state index is 0.0422. The maximum absolute atomic E-state index is 12.7. The van der Waals surface area contributed by atoms with E-state index in [1.54, 1.807) is 28.6 Å². The van der Waals surface area contributed by atoms with Crippen LogP contribution in [-0.2, 0) is 16.4 Å². The zero-order valence-electron chi connectivity index (χ0n) is 11.9. The van der Waals surface area contributed by atoms with Crippen LogP contribution in [0.1, 0.15) is 32.3 Å². The molecule has 0 heterocycles. The van der Waals surface area contributed by atoms with Gasteiger partial charge in [-0.3, -0.25) is 0 Å². The molecular weight excluding hydrogens is 272 g/mol. The molecule has 4 nitrogen and oxygen atoms in total. The summed E-state index contributed by atoms with van der Waals surface area (Å²) in [6.07, 6.45) is 2.55. The molecule has 0 spiro atoms. The summed E-state index contributed by atoms with van der Waals surface area (Å²) in [6.45, 7) is 4.42. The Morgan fingerprint density at radius 2 is 1.90 bits per heavy atom. The second-order valence-corrected chi connectivity index (χ2v) is 7.48. The number of benzene rings is 1. The van der Waals surface area contributed by atoms with Crippen molar-refractivity contribution in [2.75, 3.05) is 6.54 Å². The van der Waals surface area contributed by atoms with Crippen molar-refractivity contribution in [2.45, 2.75) is 44.0 Å². The van der Waals surface area contributed by atoms with Crippen molar-refractivity contribution in [1.29, 1.82) is 5.26 Å². The molecule has 0 radical (unpaired) electrons. The van der Waals surface area contributed by atoms with Crippen LogP contribution >= 0.6 is 0 Å². The first-order valence-corrected chi connectivity index (χ1v) is 8.37. The van der Waals surface area contributed by atoms with E-state index < -0.39 is 10.0 Å². The fourth-order valence-electron chi connectivity index (χ4n) is 2.15. The molecule has 1 aliphatic rings. The van der Waals surface area contributed by atoms with Crippen molar-refractivity contribution in [2.24, 2.45) is 5.92 Å². The molecule has 1 aromatic rings. The maximum atomic E-state index is 12.7. The molecule has 0 N–H and O–H groups in total. The van der Waals surface area contributed by atoms with Gasteiger partial charge in [-0.05, 0) is 50.3 Å². The lowest BCUT2D eigenvalue weighted by atomic mass is 10.2. The quantitative estimate of drug-likeness (QED) is 0.809. The van der Waals surface area contributed by atoms with Gasteiger partial charge in [0.15, 0.2) is 0 Å². The van der Waals surface area contributed by atoms with Crippen LogP contribution < -0.4 is 0 Å². The second-order valence-electron chi connectivity index (χ2n) is 5.59. The molecular formula is C15H20N2O2S. The summed E-state index contributed by atoms with van der Waals surface area (Å²) in [6, 6.07) is 8.65. The Kier molecular flexibility index (Phi) is 4.46. The summed E-state index contributed by atoms with van der Waals surface area (Å²) in [4.78, 5) is 0.313. The van der Waals surface area contributed by atoms with E-state index in [0.29, 0.717) is 23.8 Å². The van der Waals surface area contributed by atoms with Gasteiger partial charge in [0.05, 0.1) is 17.4 Å². The highest BCUT2D eigenvalue weighted by Gasteiger charge is 2.33. The highest BCUT2D eigenvalue weighted by Crippen LogP contribution is 2.32. The third-order valence-electron chi connectivity index (χ3n) is 3.52. The molecule has 108 valence electrons. The number of rotatable bonds is 6. The zero-order chi connectivity index (χ0) is 14.8. The Morgan fingerprint density at radius 3 is 2.35 bits per heavy atom. The number of nitriles is 1. The Hall–Kier alpha value is -1.38. The molecule has 0 bridgehead atoms. The predicted octanol–water partition coefficient (Wildman–Crippen LogP) is 2.56. The van der Waals surface area contributed by atoms with Gasteiger partial charge >= 0.3 is 0 Å². The molecule has 0 saturated heterocycles. The van der Waals surface area contributed by atoms with Crippen LogP contribution in [0.3, 0.4) is 0 Å². The molecule has 20 heavy (non-hydrogen) atoms. The van der Waals surface area contributed by atoms with Gasteiger partial charge in [0.1, 0.15) is 0 Å². The van der Waals surface area contributed by atoms with E-state index in [9.17, 15) is 8.42 Å². The van der Waals surface area contributed by atoms with E-state index in [0.717, 1.165) is 18.4 Å². The van der Waals surface area contributed by atoms with Crippen molar-refractivity contribution in [1.82, 2.24) is 4.31 Å². The first-order valence-electron chi connectivity index (χ1n) is 6.93. The smallest absolute Gasteiger partial charge is 0.207 e. The van der Waals surface area contributed by atoms with E-state index in [-0.39, 0.29) is 6.04 Å². The van der Waals surface area contributed by atoms with Crippen molar-refractivity contribution < 1.29 is 8.42 Å². The summed E-state index contributed by atoms with van der Waals surface area (Å²) in [7, 11) is -3.44. The second kappa shape index (κ2) is 5.94. The summed E-state index contributed by atoms with van der Waals surface area (Å²) >= 11 is 0. The largest absolute Gasteiger partial charge is 0.243 e. The van der Waals surface area contributed by atoms with E-state index in [1.807, 2.05) is 13.8 Å². The van der Waals surface area contributed by atoms with E-state index >= 15 is 0 Å². The van der Waals surface area contributed by atoms with Gasteiger partial charge in [-0.25, -0.2) is 8.42 Å². The number of hydrogen-bond donors (Lipinski definition) is 0. The molecule has 1 fully saturated rings. The Balaban J connectivity index is 2.24. The van der Waals surface area contributed by atoms with Crippen molar-refractivity contribution in [3.8, 4) is 6.07 Å². The van der Waals surface area contributed by atoms with Gasteiger partial charge < -0.3 is 0 Å². The third-order valence-corrected chi connectivity index (χ3v) is 5.58. The van der Waals surface area contributed by atoms with Crippen molar-refractivity contribution >= 4 is 10.0 Å². The van der Waals surface area contributed by atoms with Crippen LogP contribution in [0.4, 0.5) is 0 Å². The van der Waals surface area contributed by atoms with Crippen LogP contribution in [0, 0.1) is 17.2 Å². The monoisotopic (exact) mass is 292 g/mol. The SMILES string of the molecule is CC(C)N(CC1CC1)S(=O)(=O)c1ccc(CC#N)cc1. The minimum atomic E-state index is -3.44. The lowest BCUT2D eigenvalue weighted by Crippen LogP contribution is -2.38. The topological polar surface area (TPSA) is 61.2 Å². The van der Waals surface area contributed by atoms with Gasteiger partial charge in [0, 0.05) is 12.6 Å². The zero-order valence-corrected chi connectivity index (χ0v) is 12.7. The molecule has 0 amide bonds. The number of sulfonamides is 1. The van der Waals surface area contributed by atoms with Crippen molar-refractivity contribution in [3.63, 3.8) is 0 Å². The predicted molar refractivity (Wildman–Crippen MR) is 77.5 cm³/mol. The highest BCUT2D eigenvalue weighted by atomic mass is 32.2. The third kappa shape index (κ3) is 3.38. The van der Waals surface area contributed by atoms with Gasteiger partial charge in [0.25, 0.3) is 0 Å². The van der Waals surface area contributed by atoms with E-state index in [2.05, 4.69) is 6.07 Å². The molecule has 0 aliphatic heterocycles. The van der Waals surface area contributed by atoms with Crippen LogP contribution in [0.25, 0.3) is 0 Å². The van der Waals surface area contributed by atoms with Crippen LogP contribution in [-0.4, -0.2) is 25.3 Å². The van der Waals surface area contributed by atoms with Crippen LogP contribution in [0.2, 0.25) is 0 Å². The van der Waals surface area contributed by atoms with E-state index in [4.69, 9.17) is 5.26 Å². The lowest BCUT2D eigenvalue weighted by molar-refractivity contribution is 0.342. The molecule has 0 unspecified atom stereocenters. The summed E-state index contributed by atoms with van der Waals surface area (Å²) in [5.74, 6) is 0.519. The summed E-state index contributed by atoms with van der Waals surface area (Å²) in [5.41, 5.74) is 0.838. The lowest BCUT2D eigenvalue weighted by Gasteiger charge is -2.26. The standard InChI is InChI=1S/C15H20N2O2S/c1-12(2)17(11-14-3-4-14)20(18,19)15-7-5-13(6-8-15)9-10-16/h5-8,12,14H,3-4,9,11H2,1-2H3. The van der Waals surface area contributed by atoms with E-state index in [1.165, 1.54) is 0 Å². The van der Waals surface area contributed by atoms with Crippen LogP contribution in [0.5, 0.6) is 0 Å². The Labute approximate surface area is 121 Å². The summed E-state index contributed by atoms with van der Waals surface area (Å²) < 4.78 is 26.9. The van der Waals surface area contributed by atoms with Gasteiger partial charge in [-0.2, -0.15) is 9.57 Å². The maximum Gasteiger partial charge on any atom is 0.243 e. The van der Waals surface area contributed by atoms with Crippen LogP contribution in [0.15, 0.2) is 29.2 Å². The van der Waals surface area contributed by atoms with Crippen molar-refractivity contribution in [3.05, 3.63) is 29.8 Å². The molecule has 0 aromatic heterocycles. The average molecular weight is 292 g/mol. The average Bonchev–Trinajstić information content (AvgIpc) is 3.20. The van der Waals surface area contributed by atoms with Gasteiger partial charge in [0.2, 0.25) is 10.0 Å². The Bertz CT molecular complexity index is 596. The molecule has 2 rings (SSSR count). The fraction of sp³-hybridized carbons (Fsp3) is 0.533. The Morgan fingerprint density at radius 1 is 1.30 bits per heavy atom. The molecule has 1 aromatic carbocycles. The number of nitrogens with zero attached hydrogens (tertiary/aromatic N) is 2. The molecule has 1 saturated carbocycles. The minimum Gasteiger partial charge on any atom is -0.207 e. The number of hydrogen-bond acceptors (Lipinski definition) is 3. The molecule has 0 atom stereocenters. The van der Waals surface area contributed by atoms with Gasteiger partial charge in [-0.15, -0.1) is 0 Å². The molecule has 1 aliphatic carbocycles. The van der Waals surface area contributed by atoms with Gasteiger partial charge in [-0.1, -0.05) is 12.1 Å². The fourth-order valence-corrected chi connectivity index (χ4v) is 3.86. The first-order chi connectivity index (χ1) is 9.45. The first kappa shape index (κ1) is 15.0.